The largest absolute Gasteiger partial charge is 0.494 e. The van der Waals surface area contributed by atoms with E-state index in [1.165, 1.54) is 5.56 Å². The van der Waals surface area contributed by atoms with Crippen LogP contribution in [0.5, 0.6) is 11.5 Å². The van der Waals surface area contributed by atoms with Crippen LogP contribution in [0.4, 0.5) is 0 Å². The molecule has 0 saturated heterocycles. The first-order valence-corrected chi connectivity index (χ1v) is 9.17. The molecule has 1 aromatic heterocycles. The van der Waals surface area contributed by atoms with Crippen molar-refractivity contribution < 1.29 is 13.9 Å². The van der Waals surface area contributed by atoms with E-state index in [2.05, 4.69) is 18.3 Å². The lowest BCUT2D eigenvalue weighted by Gasteiger charge is -2.10. The molecule has 0 amide bonds. The van der Waals surface area contributed by atoms with Crippen LogP contribution in [0.15, 0.2) is 51.7 Å². The van der Waals surface area contributed by atoms with Crippen molar-refractivity contribution in [1.82, 2.24) is 5.32 Å². The van der Waals surface area contributed by atoms with Gasteiger partial charge in [-0.25, -0.2) is 4.79 Å². The molecule has 5 heteroatoms. The number of nitrogens with one attached hydrogen (secondary N) is 1. The molecule has 0 saturated carbocycles. The van der Waals surface area contributed by atoms with Gasteiger partial charge in [0.05, 0.1) is 6.61 Å². The molecule has 0 aliphatic heterocycles. The molecule has 142 valence electrons. The maximum atomic E-state index is 11.8. The summed E-state index contributed by atoms with van der Waals surface area (Å²) in [7, 11) is 0. The minimum absolute atomic E-state index is 0.326. The summed E-state index contributed by atoms with van der Waals surface area (Å²) < 4.78 is 16.5. The average Bonchev–Trinajstić information content (AvgIpc) is 2.64. The van der Waals surface area contributed by atoms with Crippen LogP contribution in [0, 0.1) is 13.8 Å². The van der Waals surface area contributed by atoms with Gasteiger partial charge in [-0.15, -0.1) is 0 Å². The van der Waals surface area contributed by atoms with Gasteiger partial charge < -0.3 is 19.2 Å². The average molecular weight is 367 g/mol. The first-order chi connectivity index (χ1) is 13.1. The highest BCUT2D eigenvalue weighted by atomic mass is 16.5. The Morgan fingerprint density at radius 2 is 1.63 bits per heavy atom. The molecule has 3 rings (SSSR count). The highest BCUT2D eigenvalue weighted by Crippen LogP contribution is 2.21. The van der Waals surface area contributed by atoms with Crippen LogP contribution in [-0.2, 0) is 6.54 Å². The van der Waals surface area contributed by atoms with E-state index in [-0.39, 0.29) is 5.63 Å². The molecule has 1 N–H and O–H groups in total. The Kier molecular flexibility index (Phi) is 6.14. The zero-order chi connectivity index (χ0) is 19.2. The maximum Gasteiger partial charge on any atom is 0.336 e. The summed E-state index contributed by atoms with van der Waals surface area (Å²) in [6, 6.07) is 13.1. The Balaban J connectivity index is 1.56. The Morgan fingerprint density at radius 1 is 0.963 bits per heavy atom. The molecule has 1 heterocycles. The van der Waals surface area contributed by atoms with E-state index in [9.17, 15) is 4.79 Å². The molecule has 0 atom stereocenters. The molecule has 0 unspecified atom stereocenters. The molecule has 0 radical (unpaired) electrons. The molecule has 0 bridgehead atoms. The summed E-state index contributed by atoms with van der Waals surface area (Å²) in [4.78, 5) is 11.8. The lowest BCUT2D eigenvalue weighted by atomic mass is 10.0. The summed E-state index contributed by atoms with van der Waals surface area (Å²) >= 11 is 0. The summed E-state index contributed by atoms with van der Waals surface area (Å²) in [6.45, 7) is 8.45. The fraction of sp³-hybridized carbons (Fsp3) is 0.318. The predicted molar refractivity (Wildman–Crippen MR) is 107 cm³/mol. The van der Waals surface area contributed by atoms with Crippen LogP contribution in [0.1, 0.15) is 23.6 Å². The number of rotatable bonds is 8. The second-order valence-electron chi connectivity index (χ2n) is 6.45. The van der Waals surface area contributed by atoms with Crippen molar-refractivity contribution in [3.8, 4) is 11.5 Å². The van der Waals surface area contributed by atoms with Gasteiger partial charge in [-0.2, -0.15) is 0 Å². The zero-order valence-corrected chi connectivity index (χ0v) is 16.0. The summed E-state index contributed by atoms with van der Waals surface area (Å²) in [5, 5.41) is 4.30. The number of benzene rings is 2. The number of fused-ring (bicyclic) bond motifs is 1. The first-order valence-electron chi connectivity index (χ1n) is 9.17. The van der Waals surface area contributed by atoms with Crippen LogP contribution in [-0.4, -0.2) is 19.8 Å². The lowest BCUT2D eigenvalue weighted by Crippen LogP contribution is -2.21. The third-order valence-electron chi connectivity index (χ3n) is 4.44. The van der Waals surface area contributed by atoms with E-state index >= 15 is 0 Å². The van der Waals surface area contributed by atoms with Crippen LogP contribution >= 0.6 is 0 Å². The second-order valence-corrected chi connectivity index (χ2v) is 6.45. The smallest absolute Gasteiger partial charge is 0.336 e. The van der Waals surface area contributed by atoms with Crippen molar-refractivity contribution in [2.45, 2.75) is 27.3 Å². The topological polar surface area (TPSA) is 60.7 Å². The molecule has 5 nitrogen and oxygen atoms in total. The molecule has 27 heavy (non-hydrogen) atoms. The van der Waals surface area contributed by atoms with Gasteiger partial charge in [0.15, 0.2) is 0 Å². The number of ether oxygens (including phenoxy) is 2. The third-order valence-corrected chi connectivity index (χ3v) is 4.44. The third kappa shape index (κ3) is 4.89. The van der Waals surface area contributed by atoms with Gasteiger partial charge >= 0.3 is 5.63 Å². The van der Waals surface area contributed by atoms with Crippen LogP contribution < -0.4 is 20.4 Å². The fourth-order valence-corrected chi connectivity index (χ4v) is 2.89. The van der Waals surface area contributed by atoms with Crippen molar-refractivity contribution in [2.75, 3.05) is 19.8 Å². The van der Waals surface area contributed by atoms with Crippen molar-refractivity contribution in [3.05, 3.63) is 69.6 Å². The van der Waals surface area contributed by atoms with Crippen molar-refractivity contribution >= 4 is 11.0 Å². The Bertz CT molecular complexity index is 960. The molecular formula is C22H25NO4. The van der Waals surface area contributed by atoms with Crippen LogP contribution in [0.25, 0.3) is 11.0 Å². The summed E-state index contributed by atoms with van der Waals surface area (Å²) in [6.07, 6.45) is 0. The number of hydrogen-bond donors (Lipinski definition) is 1. The molecule has 0 aliphatic rings. The van der Waals surface area contributed by atoms with Crippen molar-refractivity contribution in [2.24, 2.45) is 0 Å². The minimum atomic E-state index is -0.326. The van der Waals surface area contributed by atoms with E-state index in [0.717, 1.165) is 28.0 Å². The zero-order valence-electron chi connectivity index (χ0n) is 16.0. The van der Waals surface area contributed by atoms with Crippen molar-refractivity contribution in [1.29, 1.82) is 0 Å². The normalized spacial score (nSPS) is 10.9. The van der Waals surface area contributed by atoms with E-state index in [1.54, 1.807) is 6.07 Å². The van der Waals surface area contributed by atoms with Crippen LogP contribution in [0.2, 0.25) is 0 Å². The second kappa shape index (κ2) is 8.73. The quantitative estimate of drug-likeness (QED) is 0.482. The van der Waals surface area contributed by atoms with Gasteiger partial charge in [-0.3, -0.25) is 0 Å². The monoisotopic (exact) mass is 367 g/mol. The van der Waals surface area contributed by atoms with Gasteiger partial charge in [0.2, 0.25) is 0 Å². The van der Waals surface area contributed by atoms with Crippen molar-refractivity contribution in [3.63, 3.8) is 0 Å². The van der Waals surface area contributed by atoms with Gasteiger partial charge in [-0.1, -0.05) is 0 Å². The summed E-state index contributed by atoms with van der Waals surface area (Å²) in [5.74, 6) is 1.64. The minimum Gasteiger partial charge on any atom is -0.494 e. The van der Waals surface area contributed by atoms with E-state index in [4.69, 9.17) is 13.9 Å². The maximum absolute atomic E-state index is 11.8. The molecule has 0 aliphatic carbocycles. The highest BCUT2D eigenvalue weighted by Gasteiger charge is 2.07. The number of aryl methyl sites for hydroxylation is 2. The first kappa shape index (κ1) is 19.0. The predicted octanol–water partition coefficient (Wildman–Crippen LogP) is 3.98. The van der Waals surface area contributed by atoms with Gasteiger partial charge in [-0.05, 0) is 73.9 Å². The van der Waals surface area contributed by atoms with E-state index in [1.807, 2.05) is 44.2 Å². The molecule has 2 aromatic carbocycles. The molecule has 0 fully saturated rings. The Morgan fingerprint density at radius 3 is 2.33 bits per heavy atom. The molecule has 3 aromatic rings. The fourth-order valence-electron chi connectivity index (χ4n) is 2.89. The van der Waals surface area contributed by atoms with Gasteiger partial charge in [0.25, 0.3) is 0 Å². The highest BCUT2D eigenvalue weighted by molar-refractivity contribution is 5.81. The van der Waals surface area contributed by atoms with Gasteiger partial charge in [0.1, 0.15) is 23.7 Å². The van der Waals surface area contributed by atoms with Gasteiger partial charge in [0, 0.05) is 24.5 Å². The van der Waals surface area contributed by atoms with Crippen LogP contribution in [0.3, 0.4) is 0 Å². The Labute approximate surface area is 158 Å². The number of hydrogen-bond acceptors (Lipinski definition) is 5. The SMILES string of the molecule is CCOc1ccc(OCCNCc2cc(=O)oc3cc(C)c(C)cc23)cc1. The van der Waals surface area contributed by atoms with E-state index < -0.39 is 0 Å². The summed E-state index contributed by atoms with van der Waals surface area (Å²) in [5.41, 5.74) is 3.53. The molecular weight excluding hydrogens is 342 g/mol. The Hall–Kier alpha value is -2.79. The lowest BCUT2D eigenvalue weighted by molar-refractivity contribution is 0.311. The standard InChI is InChI=1S/C22H25NO4/c1-4-25-18-5-7-19(8-6-18)26-10-9-23-14-17-13-22(24)27-21-12-16(3)15(2)11-20(17)21/h5-8,11-13,23H,4,9-10,14H2,1-3H3. The van der Waals surface area contributed by atoms with E-state index in [0.29, 0.717) is 31.9 Å². The molecule has 0 spiro atoms.